The largest absolute Gasteiger partial charge is 0.497 e. The van der Waals surface area contributed by atoms with Gasteiger partial charge in [-0.05, 0) is 23.8 Å². The van der Waals surface area contributed by atoms with E-state index in [1.54, 1.807) is 7.11 Å². The molecule has 0 saturated heterocycles. The third kappa shape index (κ3) is 3.28. The Kier molecular flexibility index (Phi) is 4.25. The molecule has 0 aliphatic carbocycles. The molecule has 4 heteroatoms. The number of benzene rings is 1. The number of methoxy groups -OCH3 is 1. The SMILES string of the molecule is COc1ccc(CNCc2cnccc2F)cc1. The van der Waals surface area contributed by atoms with Crippen molar-refractivity contribution in [2.45, 2.75) is 13.1 Å². The molecule has 2 aromatic rings. The van der Waals surface area contributed by atoms with Gasteiger partial charge in [-0.25, -0.2) is 4.39 Å². The number of halogens is 1. The Bertz CT molecular complexity index is 499. The highest BCUT2D eigenvalue weighted by atomic mass is 19.1. The van der Waals surface area contributed by atoms with E-state index in [4.69, 9.17) is 4.74 Å². The summed E-state index contributed by atoms with van der Waals surface area (Å²) in [6.07, 6.45) is 2.98. The van der Waals surface area contributed by atoms with Crippen molar-refractivity contribution >= 4 is 0 Å². The van der Waals surface area contributed by atoms with Crippen molar-refractivity contribution in [3.63, 3.8) is 0 Å². The molecule has 1 heterocycles. The number of hydrogen-bond acceptors (Lipinski definition) is 3. The van der Waals surface area contributed by atoms with E-state index in [9.17, 15) is 4.39 Å². The number of hydrogen-bond donors (Lipinski definition) is 1. The van der Waals surface area contributed by atoms with E-state index in [-0.39, 0.29) is 5.82 Å². The van der Waals surface area contributed by atoms with Gasteiger partial charge in [-0.1, -0.05) is 12.1 Å². The maximum atomic E-state index is 13.3. The smallest absolute Gasteiger partial charge is 0.130 e. The molecule has 0 bridgehead atoms. The Morgan fingerprint density at radius 2 is 1.94 bits per heavy atom. The number of aromatic nitrogens is 1. The summed E-state index contributed by atoms with van der Waals surface area (Å²) in [5, 5.41) is 3.18. The van der Waals surface area contributed by atoms with E-state index in [0.717, 1.165) is 11.3 Å². The van der Waals surface area contributed by atoms with Gasteiger partial charge in [0.15, 0.2) is 0 Å². The predicted octanol–water partition coefficient (Wildman–Crippen LogP) is 2.52. The zero-order valence-electron chi connectivity index (χ0n) is 10.2. The van der Waals surface area contributed by atoms with Gasteiger partial charge >= 0.3 is 0 Å². The molecule has 0 aliphatic rings. The monoisotopic (exact) mass is 246 g/mol. The zero-order chi connectivity index (χ0) is 12.8. The fourth-order valence-corrected chi connectivity index (χ4v) is 1.63. The quantitative estimate of drug-likeness (QED) is 0.880. The average molecular weight is 246 g/mol. The normalized spacial score (nSPS) is 10.3. The minimum atomic E-state index is -0.229. The third-order valence-electron chi connectivity index (χ3n) is 2.65. The van der Waals surface area contributed by atoms with E-state index < -0.39 is 0 Å². The summed E-state index contributed by atoms with van der Waals surface area (Å²) < 4.78 is 18.4. The van der Waals surface area contributed by atoms with Crippen LogP contribution in [0.5, 0.6) is 5.75 Å². The molecule has 3 nitrogen and oxygen atoms in total. The van der Waals surface area contributed by atoms with Gasteiger partial charge in [0.2, 0.25) is 0 Å². The molecule has 1 aromatic carbocycles. The number of pyridine rings is 1. The molecule has 0 atom stereocenters. The maximum Gasteiger partial charge on any atom is 0.130 e. The summed E-state index contributed by atoms with van der Waals surface area (Å²) in [4.78, 5) is 3.90. The fraction of sp³-hybridized carbons (Fsp3) is 0.214. The van der Waals surface area contributed by atoms with Crippen LogP contribution in [-0.2, 0) is 13.1 Å². The molecule has 2 rings (SSSR count). The van der Waals surface area contributed by atoms with Crippen LogP contribution in [0, 0.1) is 5.82 Å². The lowest BCUT2D eigenvalue weighted by molar-refractivity contribution is 0.414. The average Bonchev–Trinajstić information content (AvgIpc) is 2.42. The van der Waals surface area contributed by atoms with Gasteiger partial charge in [0.1, 0.15) is 11.6 Å². The Morgan fingerprint density at radius 1 is 1.17 bits per heavy atom. The van der Waals surface area contributed by atoms with Crippen molar-refractivity contribution in [1.82, 2.24) is 10.3 Å². The summed E-state index contributed by atoms with van der Waals surface area (Å²) in [5.41, 5.74) is 1.70. The van der Waals surface area contributed by atoms with Crippen LogP contribution < -0.4 is 10.1 Å². The fourth-order valence-electron chi connectivity index (χ4n) is 1.63. The molecular weight excluding hydrogens is 231 g/mol. The second-order valence-corrected chi connectivity index (χ2v) is 3.92. The standard InChI is InChI=1S/C14H15FN2O/c1-18-13-4-2-11(3-5-13)8-17-10-12-9-16-7-6-14(12)15/h2-7,9,17H,8,10H2,1H3. The first kappa shape index (κ1) is 12.5. The lowest BCUT2D eigenvalue weighted by Crippen LogP contribution is -2.13. The van der Waals surface area contributed by atoms with E-state index in [0.29, 0.717) is 18.7 Å². The van der Waals surface area contributed by atoms with Crippen LogP contribution >= 0.6 is 0 Å². The summed E-state index contributed by atoms with van der Waals surface area (Å²) in [5.74, 6) is 0.601. The van der Waals surface area contributed by atoms with Gasteiger partial charge in [0.25, 0.3) is 0 Å². The van der Waals surface area contributed by atoms with Crippen LogP contribution in [0.4, 0.5) is 4.39 Å². The van der Waals surface area contributed by atoms with Crippen molar-refractivity contribution < 1.29 is 9.13 Å². The van der Waals surface area contributed by atoms with Crippen LogP contribution in [0.2, 0.25) is 0 Å². The van der Waals surface area contributed by atoms with Gasteiger partial charge in [0.05, 0.1) is 7.11 Å². The number of nitrogens with zero attached hydrogens (tertiary/aromatic N) is 1. The summed E-state index contributed by atoms with van der Waals surface area (Å²) in [6.45, 7) is 1.14. The maximum absolute atomic E-state index is 13.3. The van der Waals surface area contributed by atoms with Crippen molar-refractivity contribution in [1.29, 1.82) is 0 Å². The molecule has 0 amide bonds. The summed E-state index contributed by atoms with van der Waals surface area (Å²) in [7, 11) is 1.64. The molecule has 1 aromatic heterocycles. The zero-order valence-corrected chi connectivity index (χ0v) is 10.2. The first-order valence-corrected chi connectivity index (χ1v) is 5.71. The van der Waals surface area contributed by atoms with E-state index in [1.165, 1.54) is 18.5 Å². The van der Waals surface area contributed by atoms with Crippen molar-refractivity contribution in [2.75, 3.05) is 7.11 Å². The Balaban J connectivity index is 1.86. The van der Waals surface area contributed by atoms with Crippen molar-refractivity contribution in [3.05, 3.63) is 59.7 Å². The molecular formula is C14H15FN2O. The first-order valence-electron chi connectivity index (χ1n) is 5.71. The molecule has 0 fully saturated rings. The summed E-state index contributed by atoms with van der Waals surface area (Å²) in [6, 6.07) is 9.13. The third-order valence-corrected chi connectivity index (χ3v) is 2.65. The minimum Gasteiger partial charge on any atom is -0.497 e. The van der Waals surface area contributed by atoms with Crippen LogP contribution in [0.15, 0.2) is 42.7 Å². The molecule has 0 aliphatic heterocycles. The van der Waals surface area contributed by atoms with Crippen LogP contribution in [0.25, 0.3) is 0 Å². The van der Waals surface area contributed by atoms with E-state index >= 15 is 0 Å². The number of ether oxygens (including phenoxy) is 1. The van der Waals surface area contributed by atoms with Crippen molar-refractivity contribution in [3.8, 4) is 5.75 Å². The van der Waals surface area contributed by atoms with E-state index in [1.807, 2.05) is 24.3 Å². The molecule has 0 unspecified atom stereocenters. The van der Waals surface area contributed by atoms with Crippen LogP contribution in [-0.4, -0.2) is 12.1 Å². The van der Waals surface area contributed by atoms with Gasteiger partial charge < -0.3 is 10.1 Å². The Morgan fingerprint density at radius 3 is 2.61 bits per heavy atom. The second kappa shape index (κ2) is 6.12. The minimum absolute atomic E-state index is 0.229. The van der Waals surface area contributed by atoms with Crippen LogP contribution in [0.1, 0.15) is 11.1 Å². The lowest BCUT2D eigenvalue weighted by atomic mass is 10.2. The van der Waals surface area contributed by atoms with Crippen LogP contribution in [0.3, 0.4) is 0 Å². The van der Waals surface area contributed by atoms with E-state index in [2.05, 4.69) is 10.3 Å². The van der Waals surface area contributed by atoms with Gasteiger partial charge in [-0.15, -0.1) is 0 Å². The van der Waals surface area contributed by atoms with Gasteiger partial charge in [-0.2, -0.15) is 0 Å². The highest BCUT2D eigenvalue weighted by molar-refractivity contribution is 5.27. The van der Waals surface area contributed by atoms with Gasteiger partial charge in [0, 0.05) is 31.0 Å². The number of nitrogens with one attached hydrogen (secondary N) is 1. The topological polar surface area (TPSA) is 34.1 Å². The number of rotatable bonds is 5. The molecule has 18 heavy (non-hydrogen) atoms. The lowest BCUT2D eigenvalue weighted by Gasteiger charge is -2.06. The van der Waals surface area contributed by atoms with Crippen molar-refractivity contribution in [2.24, 2.45) is 0 Å². The van der Waals surface area contributed by atoms with Gasteiger partial charge in [-0.3, -0.25) is 4.98 Å². The molecule has 1 N–H and O–H groups in total. The highest BCUT2D eigenvalue weighted by Gasteiger charge is 2.00. The summed E-state index contributed by atoms with van der Waals surface area (Å²) >= 11 is 0. The molecule has 0 spiro atoms. The Hall–Kier alpha value is -1.94. The first-order chi connectivity index (χ1) is 8.79. The molecule has 94 valence electrons. The highest BCUT2D eigenvalue weighted by Crippen LogP contribution is 2.11. The Labute approximate surface area is 106 Å². The second-order valence-electron chi connectivity index (χ2n) is 3.92. The molecule has 0 saturated carbocycles. The predicted molar refractivity (Wildman–Crippen MR) is 67.7 cm³/mol. The molecule has 0 radical (unpaired) electrons.